The Hall–Kier alpha value is -1.62. The zero-order chi connectivity index (χ0) is 15.2. The second-order valence-corrected chi connectivity index (χ2v) is 5.76. The lowest BCUT2D eigenvalue weighted by Gasteiger charge is -2.14. The van der Waals surface area contributed by atoms with Gasteiger partial charge in [0.15, 0.2) is 5.82 Å². The van der Waals surface area contributed by atoms with Crippen molar-refractivity contribution in [2.75, 3.05) is 5.73 Å². The molecule has 0 spiro atoms. The molecule has 0 aliphatic carbocycles. The van der Waals surface area contributed by atoms with E-state index in [0.717, 1.165) is 6.42 Å². The maximum Gasteiger partial charge on any atom is 0.185 e. The van der Waals surface area contributed by atoms with Gasteiger partial charge < -0.3 is 5.73 Å². The van der Waals surface area contributed by atoms with Crippen molar-refractivity contribution in [1.82, 2.24) is 20.2 Å². The molecule has 0 bridgehead atoms. The Bertz CT molecular complexity index is 561. The Morgan fingerprint density at radius 1 is 1.29 bits per heavy atom. The molecule has 1 heterocycles. The van der Waals surface area contributed by atoms with Crippen LogP contribution < -0.4 is 5.73 Å². The molecular formula is C15H22ClN5. The predicted molar refractivity (Wildman–Crippen MR) is 86.1 cm³/mol. The van der Waals surface area contributed by atoms with Crippen LogP contribution in [-0.2, 0) is 0 Å². The number of unbranched alkanes of at least 4 members (excludes halogenated alkanes) is 3. The fourth-order valence-electron chi connectivity index (χ4n) is 2.42. The zero-order valence-electron chi connectivity index (χ0n) is 12.6. The van der Waals surface area contributed by atoms with Crippen LogP contribution in [0.3, 0.4) is 0 Å². The Kier molecular flexibility index (Phi) is 5.56. The van der Waals surface area contributed by atoms with Crippen molar-refractivity contribution >= 4 is 17.3 Å². The monoisotopic (exact) mass is 307 g/mol. The molecule has 1 atom stereocenters. The molecular weight excluding hydrogens is 286 g/mol. The van der Waals surface area contributed by atoms with E-state index in [1.807, 2.05) is 16.8 Å². The summed E-state index contributed by atoms with van der Waals surface area (Å²) >= 11 is 6.25. The highest BCUT2D eigenvalue weighted by atomic mass is 35.5. The third-order valence-electron chi connectivity index (χ3n) is 3.66. The summed E-state index contributed by atoms with van der Waals surface area (Å²) in [7, 11) is 0. The number of nitrogens with zero attached hydrogens (tertiary/aromatic N) is 4. The van der Waals surface area contributed by atoms with Gasteiger partial charge in [-0.2, -0.15) is 0 Å². The van der Waals surface area contributed by atoms with E-state index in [4.69, 9.17) is 17.3 Å². The lowest BCUT2D eigenvalue weighted by atomic mass is 10.1. The minimum Gasteiger partial charge on any atom is -0.398 e. The maximum absolute atomic E-state index is 6.25. The second kappa shape index (κ2) is 7.41. The number of rotatable bonds is 7. The molecule has 0 saturated heterocycles. The third kappa shape index (κ3) is 3.73. The predicted octanol–water partition coefficient (Wildman–Crippen LogP) is 4.11. The summed E-state index contributed by atoms with van der Waals surface area (Å²) in [5, 5.41) is 12.6. The summed E-state index contributed by atoms with van der Waals surface area (Å²) in [6.45, 7) is 4.34. The third-order valence-corrected chi connectivity index (χ3v) is 3.97. The van der Waals surface area contributed by atoms with E-state index in [-0.39, 0.29) is 6.04 Å². The molecule has 0 saturated carbocycles. The SMILES string of the molecule is CCCCCCC(C)n1nnnc1-c1c(N)cccc1Cl. The lowest BCUT2D eigenvalue weighted by Crippen LogP contribution is -2.10. The fourth-order valence-corrected chi connectivity index (χ4v) is 2.69. The van der Waals surface area contributed by atoms with Gasteiger partial charge in [-0.1, -0.05) is 50.3 Å². The van der Waals surface area contributed by atoms with Gasteiger partial charge in [-0.05, 0) is 35.9 Å². The number of hydrogen-bond donors (Lipinski definition) is 1. The van der Waals surface area contributed by atoms with Crippen molar-refractivity contribution < 1.29 is 0 Å². The van der Waals surface area contributed by atoms with Crippen LogP contribution in [0.2, 0.25) is 5.02 Å². The number of benzene rings is 1. The van der Waals surface area contributed by atoms with Crippen molar-refractivity contribution in [3.05, 3.63) is 23.2 Å². The Morgan fingerprint density at radius 2 is 2.10 bits per heavy atom. The summed E-state index contributed by atoms with van der Waals surface area (Å²) in [5.41, 5.74) is 7.33. The van der Waals surface area contributed by atoms with E-state index in [9.17, 15) is 0 Å². The largest absolute Gasteiger partial charge is 0.398 e. The fraction of sp³-hybridized carbons (Fsp3) is 0.533. The minimum absolute atomic E-state index is 0.225. The van der Waals surface area contributed by atoms with Crippen LogP contribution in [0.1, 0.15) is 52.0 Å². The van der Waals surface area contributed by atoms with Gasteiger partial charge in [0, 0.05) is 5.69 Å². The van der Waals surface area contributed by atoms with Crippen molar-refractivity contribution in [1.29, 1.82) is 0 Å². The molecule has 2 rings (SSSR count). The number of aromatic nitrogens is 4. The van der Waals surface area contributed by atoms with Gasteiger partial charge in [0.25, 0.3) is 0 Å². The van der Waals surface area contributed by atoms with Gasteiger partial charge in [0.2, 0.25) is 0 Å². The number of anilines is 1. The average Bonchev–Trinajstić information content (AvgIpc) is 2.92. The molecule has 0 fully saturated rings. The van der Waals surface area contributed by atoms with E-state index in [1.54, 1.807) is 6.07 Å². The number of nitrogen functional groups attached to an aromatic ring is 1. The van der Waals surface area contributed by atoms with Gasteiger partial charge in [-0.15, -0.1) is 5.10 Å². The summed E-state index contributed by atoms with van der Waals surface area (Å²) in [6, 6.07) is 5.66. The molecule has 1 aromatic carbocycles. The molecule has 2 aromatic rings. The highest BCUT2D eigenvalue weighted by Gasteiger charge is 2.18. The molecule has 0 amide bonds. The molecule has 1 unspecified atom stereocenters. The molecule has 1 aromatic heterocycles. The molecule has 0 radical (unpaired) electrons. The van der Waals surface area contributed by atoms with Gasteiger partial charge in [0.05, 0.1) is 16.6 Å². The molecule has 0 aliphatic heterocycles. The van der Waals surface area contributed by atoms with E-state index >= 15 is 0 Å². The molecule has 0 aliphatic rings. The first kappa shape index (κ1) is 15.8. The van der Waals surface area contributed by atoms with Crippen molar-refractivity contribution in [3.8, 4) is 11.4 Å². The summed E-state index contributed by atoms with van der Waals surface area (Å²) in [6.07, 6.45) is 5.97. The van der Waals surface area contributed by atoms with E-state index in [0.29, 0.717) is 22.1 Å². The highest BCUT2D eigenvalue weighted by Crippen LogP contribution is 2.33. The van der Waals surface area contributed by atoms with Crippen molar-refractivity contribution in [2.45, 2.75) is 52.0 Å². The Morgan fingerprint density at radius 3 is 2.81 bits per heavy atom. The van der Waals surface area contributed by atoms with Crippen LogP contribution in [0.25, 0.3) is 11.4 Å². The molecule has 2 N–H and O–H groups in total. The van der Waals surface area contributed by atoms with Crippen LogP contribution >= 0.6 is 11.6 Å². The van der Waals surface area contributed by atoms with Crippen LogP contribution in [0, 0.1) is 0 Å². The van der Waals surface area contributed by atoms with Gasteiger partial charge in [-0.3, -0.25) is 0 Å². The number of tetrazole rings is 1. The Labute approximate surface area is 130 Å². The summed E-state index contributed by atoms with van der Waals surface area (Å²) in [4.78, 5) is 0. The summed E-state index contributed by atoms with van der Waals surface area (Å²) in [5.74, 6) is 0.640. The second-order valence-electron chi connectivity index (χ2n) is 5.35. The lowest BCUT2D eigenvalue weighted by molar-refractivity contribution is 0.430. The van der Waals surface area contributed by atoms with Gasteiger partial charge in [-0.25, -0.2) is 4.68 Å². The smallest absolute Gasteiger partial charge is 0.185 e. The summed E-state index contributed by atoms with van der Waals surface area (Å²) < 4.78 is 1.82. The quantitative estimate of drug-likeness (QED) is 0.617. The number of halogens is 1. The van der Waals surface area contributed by atoms with Crippen molar-refractivity contribution in [3.63, 3.8) is 0 Å². The normalized spacial score (nSPS) is 12.5. The van der Waals surface area contributed by atoms with Gasteiger partial charge >= 0.3 is 0 Å². The standard InChI is InChI=1S/C15H22ClN5/c1-3-4-5-6-8-11(2)21-15(18-19-20-21)14-12(16)9-7-10-13(14)17/h7,9-11H,3-6,8,17H2,1-2H3. The van der Waals surface area contributed by atoms with Crippen LogP contribution in [-0.4, -0.2) is 20.2 Å². The molecule has 6 heteroatoms. The van der Waals surface area contributed by atoms with Gasteiger partial charge in [0.1, 0.15) is 0 Å². The molecule has 5 nitrogen and oxygen atoms in total. The Balaban J connectivity index is 2.18. The molecule has 21 heavy (non-hydrogen) atoms. The van der Waals surface area contributed by atoms with E-state index in [2.05, 4.69) is 29.4 Å². The van der Waals surface area contributed by atoms with Crippen LogP contribution in [0.15, 0.2) is 18.2 Å². The number of nitrogens with two attached hydrogens (primary N) is 1. The van der Waals surface area contributed by atoms with Crippen LogP contribution in [0.4, 0.5) is 5.69 Å². The first-order chi connectivity index (χ1) is 10.1. The highest BCUT2D eigenvalue weighted by molar-refractivity contribution is 6.33. The first-order valence-corrected chi connectivity index (χ1v) is 7.85. The molecule has 114 valence electrons. The topological polar surface area (TPSA) is 69.6 Å². The zero-order valence-corrected chi connectivity index (χ0v) is 13.3. The first-order valence-electron chi connectivity index (χ1n) is 7.47. The minimum atomic E-state index is 0.225. The van der Waals surface area contributed by atoms with Crippen molar-refractivity contribution in [2.24, 2.45) is 0 Å². The maximum atomic E-state index is 6.25. The average molecular weight is 308 g/mol. The number of hydrogen-bond acceptors (Lipinski definition) is 4. The van der Waals surface area contributed by atoms with E-state index in [1.165, 1.54) is 25.7 Å². The van der Waals surface area contributed by atoms with E-state index < -0.39 is 0 Å². The van der Waals surface area contributed by atoms with Crippen LogP contribution in [0.5, 0.6) is 0 Å².